The Morgan fingerprint density at radius 3 is 2.74 bits per heavy atom. The molecule has 1 aliphatic heterocycles. The first kappa shape index (κ1) is 14.0. The highest BCUT2D eigenvalue weighted by atomic mass is 16.5. The number of rotatable bonds is 5. The predicted molar refractivity (Wildman–Crippen MR) is 80.7 cm³/mol. The van der Waals surface area contributed by atoms with Gasteiger partial charge in [-0.1, -0.05) is 13.0 Å². The number of likely N-dealkylation sites (tertiary alicyclic amines) is 1. The van der Waals surface area contributed by atoms with Gasteiger partial charge in [0, 0.05) is 6.54 Å². The number of para-hydroxylation sites is 1. The summed E-state index contributed by atoms with van der Waals surface area (Å²) in [7, 11) is 1.65. The van der Waals surface area contributed by atoms with Crippen molar-refractivity contribution >= 4 is 11.4 Å². The zero-order valence-electron chi connectivity index (χ0n) is 12.0. The second kappa shape index (κ2) is 6.66. The Bertz CT molecular complexity index is 400. The maximum atomic E-state index is 6.06. The molecule has 2 rings (SSSR count). The van der Waals surface area contributed by atoms with Gasteiger partial charge in [-0.3, -0.25) is 0 Å². The van der Waals surface area contributed by atoms with Crippen molar-refractivity contribution in [2.45, 2.75) is 19.8 Å². The number of benzene rings is 1. The van der Waals surface area contributed by atoms with Gasteiger partial charge in [0.2, 0.25) is 0 Å². The molecule has 0 radical (unpaired) electrons. The molecule has 0 aliphatic carbocycles. The molecular formula is C15H25N3O. The van der Waals surface area contributed by atoms with E-state index in [0.29, 0.717) is 5.69 Å². The summed E-state index contributed by atoms with van der Waals surface area (Å²) in [6.45, 7) is 6.83. The zero-order valence-corrected chi connectivity index (χ0v) is 12.0. The van der Waals surface area contributed by atoms with Crippen LogP contribution in [0.25, 0.3) is 0 Å². The number of ether oxygens (including phenoxy) is 1. The maximum absolute atomic E-state index is 6.06. The van der Waals surface area contributed by atoms with Crippen molar-refractivity contribution in [1.82, 2.24) is 4.90 Å². The van der Waals surface area contributed by atoms with Gasteiger partial charge >= 0.3 is 0 Å². The summed E-state index contributed by atoms with van der Waals surface area (Å²) in [6.07, 6.45) is 2.54. The molecule has 0 atom stereocenters. The number of nitrogens with zero attached hydrogens (tertiary/aromatic N) is 1. The largest absolute Gasteiger partial charge is 0.495 e. The van der Waals surface area contributed by atoms with E-state index >= 15 is 0 Å². The van der Waals surface area contributed by atoms with Crippen molar-refractivity contribution < 1.29 is 4.74 Å². The first-order valence-corrected chi connectivity index (χ1v) is 7.13. The van der Waals surface area contributed by atoms with Crippen LogP contribution in [0.4, 0.5) is 11.4 Å². The van der Waals surface area contributed by atoms with Crippen LogP contribution < -0.4 is 15.8 Å². The number of nitrogen functional groups attached to an aromatic ring is 1. The molecule has 0 unspecified atom stereocenters. The molecular weight excluding hydrogens is 238 g/mol. The van der Waals surface area contributed by atoms with Gasteiger partial charge in [-0.2, -0.15) is 0 Å². The van der Waals surface area contributed by atoms with Crippen LogP contribution in [0.15, 0.2) is 18.2 Å². The fourth-order valence-corrected chi connectivity index (χ4v) is 2.64. The molecule has 1 fully saturated rings. The second-order valence-electron chi connectivity index (χ2n) is 5.18. The van der Waals surface area contributed by atoms with Gasteiger partial charge in [0.25, 0.3) is 0 Å². The fourth-order valence-electron chi connectivity index (χ4n) is 2.64. The van der Waals surface area contributed by atoms with Crippen molar-refractivity contribution in [2.24, 2.45) is 5.92 Å². The minimum absolute atomic E-state index is 0.705. The van der Waals surface area contributed by atoms with Crippen molar-refractivity contribution in [1.29, 1.82) is 0 Å². The third-order valence-electron chi connectivity index (χ3n) is 4.02. The van der Waals surface area contributed by atoms with Crippen LogP contribution in [0, 0.1) is 5.92 Å². The number of hydrogen-bond acceptors (Lipinski definition) is 4. The van der Waals surface area contributed by atoms with E-state index in [9.17, 15) is 0 Å². The molecule has 1 aliphatic rings. The lowest BCUT2D eigenvalue weighted by atomic mass is 9.96. The standard InChI is InChI=1S/C15H25N3O/c1-3-18-9-7-12(8-10-18)11-17-13-5-4-6-14(19-2)15(13)16/h4-6,12,17H,3,7-11,16H2,1-2H3. The summed E-state index contributed by atoms with van der Waals surface area (Å²) in [5.74, 6) is 1.49. The first-order chi connectivity index (χ1) is 9.24. The molecule has 106 valence electrons. The number of nitrogens with two attached hydrogens (primary N) is 1. The van der Waals surface area contributed by atoms with Crippen LogP contribution in [-0.2, 0) is 0 Å². The van der Waals surface area contributed by atoms with Crippen LogP contribution in [0.1, 0.15) is 19.8 Å². The van der Waals surface area contributed by atoms with E-state index in [0.717, 1.165) is 23.9 Å². The fraction of sp³-hybridized carbons (Fsp3) is 0.600. The average Bonchev–Trinajstić information content (AvgIpc) is 2.47. The van der Waals surface area contributed by atoms with Crippen molar-refractivity contribution in [3.05, 3.63) is 18.2 Å². The Balaban J connectivity index is 1.86. The molecule has 0 amide bonds. The molecule has 0 spiro atoms. The zero-order chi connectivity index (χ0) is 13.7. The van der Waals surface area contributed by atoms with Crippen molar-refractivity contribution in [3.8, 4) is 5.75 Å². The first-order valence-electron chi connectivity index (χ1n) is 7.13. The van der Waals surface area contributed by atoms with Gasteiger partial charge in [-0.05, 0) is 50.5 Å². The quantitative estimate of drug-likeness (QED) is 0.801. The lowest BCUT2D eigenvalue weighted by Crippen LogP contribution is -2.35. The molecule has 19 heavy (non-hydrogen) atoms. The molecule has 0 bridgehead atoms. The van der Waals surface area contributed by atoms with Gasteiger partial charge < -0.3 is 20.7 Å². The summed E-state index contributed by atoms with van der Waals surface area (Å²) in [5, 5.41) is 3.47. The third kappa shape index (κ3) is 3.53. The lowest BCUT2D eigenvalue weighted by molar-refractivity contribution is 0.198. The normalized spacial score (nSPS) is 17.4. The molecule has 3 N–H and O–H groups in total. The molecule has 4 heteroatoms. The maximum Gasteiger partial charge on any atom is 0.143 e. The minimum atomic E-state index is 0.705. The van der Waals surface area contributed by atoms with E-state index in [1.54, 1.807) is 7.11 Å². The van der Waals surface area contributed by atoms with Crippen LogP contribution >= 0.6 is 0 Å². The number of nitrogens with one attached hydrogen (secondary N) is 1. The third-order valence-corrected chi connectivity index (χ3v) is 4.02. The molecule has 1 saturated heterocycles. The van der Waals surface area contributed by atoms with E-state index in [-0.39, 0.29) is 0 Å². The predicted octanol–water partition coefficient (Wildman–Crippen LogP) is 2.42. The van der Waals surface area contributed by atoms with Gasteiger partial charge in [0.05, 0.1) is 18.5 Å². The average molecular weight is 263 g/mol. The molecule has 0 aromatic heterocycles. The van der Waals surface area contributed by atoms with Gasteiger partial charge in [0.15, 0.2) is 0 Å². The summed E-state index contributed by atoms with van der Waals surface area (Å²) < 4.78 is 5.23. The second-order valence-corrected chi connectivity index (χ2v) is 5.18. The Kier molecular flexibility index (Phi) is 4.91. The molecule has 0 saturated carbocycles. The highest BCUT2D eigenvalue weighted by Crippen LogP contribution is 2.29. The van der Waals surface area contributed by atoms with Crippen LogP contribution in [0.3, 0.4) is 0 Å². The minimum Gasteiger partial charge on any atom is -0.495 e. The molecule has 4 nitrogen and oxygen atoms in total. The van der Waals surface area contributed by atoms with Crippen LogP contribution in [0.5, 0.6) is 5.75 Å². The molecule has 1 aromatic carbocycles. The van der Waals surface area contributed by atoms with Crippen molar-refractivity contribution in [3.63, 3.8) is 0 Å². The number of piperidine rings is 1. The number of hydrogen-bond donors (Lipinski definition) is 2. The summed E-state index contributed by atoms with van der Waals surface area (Å²) in [4.78, 5) is 2.51. The Morgan fingerprint density at radius 2 is 2.11 bits per heavy atom. The van der Waals surface area contributed by atoms with E-state index in [1.165, 1.54) is 32.5 Å². The van der Waals surface area contributed by atoms with Gasteiger partial charge in [-0.15, -0.1) is 0 Å². The van der Waals surface area contributed by atoms with Crippen LogP contribution in [0.2, 0.25) is 0 Å². The van der Waals surface area contributed by atoms with E-state index < -0.39 is 0 Å². The summed E-state index contributed by atoms with van der Waals surface area (Å²) in [6, 6.07) is 5.87. The summed E-state index contributed by atoms with van der Waals surface area (Å²) in [5.41, 5.74) is 7.75. The van der Waals surface area contributed by atoms with Gasteiger partial charge in [-0.25, -0.2) is 0 Å². The SMILES string of the molecule is CCN1CCC(CNc2cccc(OC)c2N)CC1. The molecule has 1 aromatic rings. The molecule has 1 heterocycles. The summed E-state index contributed by atoms with van der Waals surface area (Å²) >= 11 is 0. The Hall–Kier alpha value is -1.42. The Morgan fingerprint density at radius 1 is 1.37 bits per heavy atom. The van der Waals surface area contributed by atoms with E-state index in [4.69, 9.17) is 10.5 Å². The van der Waals surface area contributed by atoms with Gasteiger partial charge in [0.1, 0.15) is 5.75 Å². The van der Waals surface area contributed by atoms with Crippen LogP contribution in [-0.4, -0.2) is 38.2 Å². The smallest absolute Gasteiger partial charge is 0.143 e. The highest BCUT2D eigenvalue weighted by Gasteiger charge is 2.18. The van der Waals surface area contributed by atoms with E-state index in [1.807, 2.05) is 18.2 Å². The Labute approximate surface area is 115 Å². The topological polar surface area (TPSA) is 50.5 Å². The number of methoxy groups -OCH3 is 1. The van der Waals surface area contributed by atoms with E-state index in [2.05, 4.69) is 17.1 Å². The monoisotopic (exact) mass is 263 g/mol. The highest BCUT2D eigenvalue weighted by molar-refractivity contribution is 5.72. The number of anilines is 2. The van der Waals surface area contributed by atoms with Crippen molar-refractivity contribution in [2.75, 3.05) is 44.3 Å². The lowest BCUT2D eigenvalue weighted by Gasteiger charge is -2.31.